The summed E-state index contributed by atoms with van der Waals surface area (Å²) >= 11 is 3.28. The molecule has 0 atom stereocenters. The zero-order valence-electron chi connectivity index (χ0n) is 11.5. The summed E-state index contributed by atoms with van der Waals surface area (Å²) in [7, 11) is 0. The van der Waals surface area contributed by atoms with Crippen LogP contribution in [0.5, 0.6) is 11.6 Å². The third-order valence-corrected chi connectivity index (χ3v) is 3.18. The second-order valence-corrected chi connectivity index (χ2v) is 5.01. The fourth-order valence-electron chi connectivity index (χ4n) is 1.68. The highest BCUT2D eigenvalue weighted by atomic mass is 79.9. The Morgan fingerprint density at radius 2 is 2.24 bits per heavy atom. The van der Waals surface area contributed by atoms with Gasteiger partial charge < -0.3 is 10.1 Å². The monoisotopic (exact) mass is 352 g/mol. The predicted octanol–water partition coefficient (Wildman–Crippen LogP) is 3.68. The number of aryl methyl sites for hydroxylation is 1. The fourth-order valence-corrected chi connectivity index (χ4v) is 1.95. The molecule has 1 aromatic heterocycles. The maximum atomic E-state index is 11.1. The average Bonchev–Trinajstić information content (AvgIpc) is 2.44. The van der Waals surface area contributed by atoms with Crippen LogP contribution in [-0.2, 0) is 0 Å². The van der Waals surface area contributed by atoms with Gasteiger partial charge in [-0.15, -0.1) is 0 Å². The van der Waals surface area contributed by atoms with E-state index < -0.39 is 4.92 Å². The maximum absolute atomic E-state index is 11.1. The van der Waals surface area contributed by atoms with E-state index in [1.807, 2.05) is 6.92 Å². The minimum atomic E-state index is -0.483. The number of benzene rings is 1. The summed E-state index contributed by atoms with van der Waals surface area (Å²) in [5.74, 6) is 0.787. The Labute approximate surface area is 129 Å². The largest absolute Gasteiger partial charge is 0.430 e. The molecule has 7 nitrogen and oxygen atoms in total. The van der Waals surface area contributed by atoms with Crippen LogP contribution >= 0.6 is 15.9 Å². The Kier molecular flexibility index (Phi) is 4.69. The second kappa shape index (κ2) is 6.49. The zero-order chi connectivity index (χ0) is 15.4. The molecule has 1 heterocycles. The summed E-state index contributed by atoms with van der Waals surface area (Å²) in [6, 6.07) is 4.74. The first-order valence-corrected chi connectivity index (χ1v) is 7.00. The van der Waals surface area contributed by atoms with Gasteiger partial charge in [0.05, 0.1) is 15.6 Å². The molecule has 0 saturated carbocycles. The first-order valence-electron chi connectivity index (χ1n) is 6.21. The van der Waals surface area contributed by atoms with Gasteiger partial charge >= 0.3 is 5.69 Å². The second-order valence-electron chi connectivity index (χ2n) is 4.16. The van der Waals surface area contributed by atoms with E-state index >= 15 is 0 Å². The first kappa shape index (κ1) is 15.2. The lowest BCUT2D eigenvalue weighted by atomic mass is 10.2. The molecule has 0 fully saturated rings. The minimum absolute atomic E-state index is 0.106. The lowest BCUT2D eigenvalue weighted by molar-refractivity contribution is -0.385. The van der Waals surface area contributed by atoms with Crippen molar-refractivity contribution in [1.29, 1.82) is 0 Å². The Balaban J connectivity index is 2.42. The summed E-state index contributed by atoms with van der Waals surface area (Å²) in [6.07, 6.45) is 1.53. The van der Waals surface area contributed by atoms with Crippen LogP contribution in [0.2, 0.25) is 0 Å². The van der Waals surface area contributed by atoms with Gasteiger partial charge in [0, 0.05) is 12.6 Å². The highest BCUT2D eigenvalue weighted by Gasteiger charge is 2.19. The molecule has 2 rings (SSSR count). The van der Waals surface area contributed by atoms with E-state index in [9.17, 15) is 10.1 Å². The summed E-state index contributed by atoms with van der Waals surface area (Å²) in [6.45, 7) is 4.31. The molecule has 0 bridgehead atoms. The van der Waals surface area contributed by atoms with Crippen LogP contribution in [0.15, 0.2) is 28.9 Å². The molecule has 0 saturated heterocycles. The molecule has 0 unspecified atom stereocenters. The van der Waals surface area contributed by atoms with Gasteiger partial charge in [-0.2, -0.15) is 4.98 Å². The smallest absolute Gasteiger partial charge is 0.311 e. The fraction of sp³-hybridized carbons (Fsp3) is 0.231. The van der Waals surface area contributed by atoms with Crippen molar-refractivity contribution in [2.45, 2.75) is 13.8 Å². The number of anilines is 1. The Morgan fingerprint density at radius 3 is 2.90 bits per heavy atom. The average molecular weight is 353 g/mol. The molecule has 0 amide bonds. The number of rotatable bonds is 5. The number of hydrogen-bond donors (Lipinski definition) is 1. The summed E-state index contributed by atoms with van der Waals surface area (Å²) in [4.78, 5) is 18.9. The van der Waals surface area contributed by atoms with Crippen molar-refractivity contribution in [3.8, 4) is 11.6 Å². The normalized spacial score (nSPS) is 10.2. The summed E-state index contributed by atoms with van der Waals surface area (Å²) < 4.78 is 6.16. The summed E-state index contributed by atoms with van der Waals surface area (Å²) in [5, 5.41) is 14.0. The molecule has 0 radical (unpaired) electrons. The van der Waals surface area contributed by atoms with Crippen LogP contribution in [0.25, 0.3) is 0 Å². The van der Waals surface area contributed by atoms with Crippen molar-refractivity contribution in [2.75, 3.05) is 11.9 Å². The van der Waals surface area contributed by atoms with Crippen molar-refractivity contribution < 1.29 is 9.66 Å². The third-order valence-electron chi connectivity index (χ3n) is 2.63. The molecule has 21 heavy (non-hydrogen) atoms. The SMILES string of the molecule is CCNc1ncc(Br)c(Oc2c(C)cccc2[N+](=O)[O-])n1. The molecule has 110 valence electrons. The van der Waals surface area contributed by atoms with Crippen LogP contribution in [-0.4, -0.2) is 21.4 Å². The molecule has 0 aliphatic carbocycles. The van der Waals surface area contributed by atoms with Crippen LogP contribution in [0.1, 0.15) is 12.5 Å². The van der Waals surface area contributed by atoms with E-state index in [0.29, 0.717) is 22.5 Å². The van der Waals surface area contributed by atoms with Crippen molar-refractivity contribution in [3.05, 3.63) is 44.5 Å². The minimum Gasteiger partial charge on any atom is -0.430 e. The number of nitro groups is 1. The van der Waals surface area contributed by atoms with Gasteiger partial charge in [-0.05, 0) is 35.3 Å². The molecule has 2 aromatic rings. The van der Waals surface area contributed by atoms with Gasteiger partial charge in [-0.25, -0.2) is 4.98 Å². The molecular weight excluding hydrogens is 340 g/mol. The van der Waals surface area contributed by atoms with Gasteiger partial charge in [0.2, 0.25) is 17.6 Å². The van der Waals surface area contributed by atoms with E-state index in [1.54, 1.807) is 19.1 Å². The number of halogens is 1. The van der Waals surface area contributed by atoms with E-state index in [2.05, 4.69) is 31.2 Å². The quantitative estimate of drug-likeness (QED) is 0.651. The van der Waals surface area contributed by atoms with Gasteiger partial charge in [-0.1, -0.05) is 12.1 Å². The Hall–Kier alpha value is -2.22. The maximum Gasteiger partial charge on any atom is 0.311 e. The van der Waals surface area contributed by atoms with Gasteiger partial charge in [0.25, 0.3) is 0 Å². The van der Waals surface area contributed by atoms with Crippen LogP contribution < -0.4 is 10.1 Å². The van der Waals surface area contributed by atoms with Crippen molar-refractivity contribution in [3.63, 3.8) is 0 Å². The highest BCUT2D eigenvalue weighted by Crippen LogP contribution is 2.36. The lowest BCUT2D eigenvalue weighted by Crippen LogP contribution is -2.04. The van der Waals surface area contributed by atoms with Crippen molar-refractivity contribution in [1.82, 2.24) is 9.97 Å². The van der Waals surface area contributed by atoms with E-state index in [1.165, 1.54) is 12.3 Å². The lowest BCUT2D eigenvalue weighted by Gasteiger charge is -2.10. The number of para-hydroxylation sites is 1. The predicted molar refractivity (Wildman–Crippen MR) is 81.8 cm³/mol. The number of hydrogen-bond acceptors (Lipinski definition) is 6. The summed E-state index contributed by atoms with van der Waals surface area (Å²) in [5.41, 5.74) is 0.547. The van der Waals surface area contributed by atoms with E-state index in [0.717, 1.165) is 0 Å². The van der Waals surface area contributed by atoms with Gasteiger partial charge in [0.15, 0.2) is 0 Å². The molecule has 0 spiro atoms. The van der Waals surface area contributed by atoms with Crippen LogP contribution in [0.4, 0.5) is 11.6 Å². The highest BCUT2D eigenvalue weighted by molar-refractivity contribution is 9.10. The zero-order valence-corrected chi connectivity index (χ0v) is 13.0. The topological polar surface area (TPSA) is 90.2 Å². The van der Waals surface area contributed by atoms with Crippen LogP contribution in [0.3, 0.4) is 0 Å². The molecule has 1 aromatic carbocycles. The number of ether oxygens (including phenoxy) is 1. The van der Waals surface area contributed by atoms with Crippen molar-refractivity contribution >= 4 is 27.6 Å². The molecule has 8 heteroatoms. The number of aromatic nitrogens is 2. The third kappa shape index (κ3) is 3.46. The first-order chi connectivity index (χ1) is 10.0. The Bertz CT molecular complexity index is 678. The molecule has 0 aliphatic heterocycles. The van der Waals surface area contributed by atoms with Crippen molar-refractivity contribution in [2.24, 2.45) is 0 Å². The Morgan fingerprint density at radius 1 is 1.48 bits per heavy atom. The van der Waals surface area contributed by atoms with Gasteiger partial charge in [0.1, 0.15) is 0 Å². The number of nitrogens with one attached hydrogen (secondary N) is 1. The number of nitrogens with zero attached hydrogens (tertiary/aromatic N) is 3. The molecule has 1 N–H and O–H groups in total. The molecule has 0 aliphatic rings. The van der Waals surface area contributed by atoms with Gasteiger partial charge in [-0.3, -0.25) is 10.1 Å². The van der Waals surface area contributed by atoms with Crippen LogP contribution in [0, 0.1) is 17.0 Å². The standard InChI is InChI=1S/C13H13BrN4O3/c1-3-15-13-16-7-9(14)12(17-13)21-11-8(2)5-4-6-10(11)18(19)20/h4-7H,3H2,1-2H3,(H,15,16,17). The number of nitro benzene ring substituents is 1. The van der Waals surface area contributed by atoms with E-state index in [-0.39, 0.29) is 17.3 Å². The molecular formula is C13H13BrN4O3. The van der Waals surface area contributed by atoms with E-state index in [4.69, 9.17) is 4.74 Å².